The Morgan fingerprint density at radius 2 is 2.12 bits per heavy atom. The van der Waals surface area contributed by atoms with E-state index in [9.17, 15) is 4.79 Å². The number of para-hydroxylation sites is 1. The van der Waals surface area contributed by atoms with E-state index in [2.05, 4.69) is 10.2 Å². The summed E-state index contributed by atoms with van der Waals surface area (Å²) in [5.74, 6) is 0.148. The molecular formula is C12H14N4O. The van der Waals surface area contributed by atoms with Crippen molar-refractivity contribution >= 4 is 17.4 Å². The van der Waals surface area contributed by atoms with Crippen LogP contribution in [-0.4, -0.2) is 22.6 Å². The third-order valence-corrected chi connectivity index (χ3v) is 2.53. The third kappa shape index (κ3) is 2.13. The van der Waals surface area contributed by atoms with E-state index in [1.807, 2.05) is 37.3 Å². The Morgan fingerprint density at radius 1 is 1.41 bits per heavy atom. The molecule has 5 nitrogen and oxygen atoms in total. The number of nitrogens with one attached hydrogen (secondary N) is 1. The molecule has 0 fully saturated rings. The van der Waals surface area contributed by atoms with Gasteiger partial charge in [-0.3, -0.25) is 9.89 Å². The second kappa shape index (κ2) is 4.69. The van der Waals surface area contributed by atoms with Crippen LogP contribution in [0.25, 0.3) is 0 Å². The van der Waals surface area contributed by atoms with Gasteiger partial charge in [0.15, 0.2) is 0 Å². The van der Waals surface area contributed by atoms with Gasteiger partial charge in [-0.1, -0.05) is 18.2 Å². The number of hydrogen-bond donors (Lipinski definition) is 2. The molecular weight excluding hydrogens is 216 g/mol. The van der Waals surface area contributed by atoms with Gasteiger partial charge >= 0.3 is 0 Å². The lowest BCUT2D eigenvalue weighted by Gasteiger charge is -2.20. The lowest BCUT2D eigenvalue weighted by atomic mass is 10.2. The Kier molecular flexibility index (Phi) is 3.09. The average Bonchev–Trinajstić information content (AvgIpc) is 2.77. The highest BCUT2D eigenvalue weighted by molar-refractivity contribution is 6.08. The van der Waals surface area contributed by atoms with Gasteiger partial charge in [-0.15, -0.1) is 0 Å². The zero-order valence-corrected chi connectivity index (χ0v) is 9.55. The number of aromatic amines is 1. The summed E-state index contributed by atoms with van der Waals surface area (Å²) in [7, 11) is 0. The molecule has 0 aliphatic heterocycles. The van der Waals surface area contributed by atoms with Gasteiger partial charge in [0.2, 0.25) is 0 Å². The number of H-pyrrole nitrogens is 1. The molecule has 0 aliphatic carbocycles. The van der Waals surface area contributed by atoms with Gasteiger partial charge in [0.25, 0.3) is 5.91 Å². The minimum Gasteiger partial charge on any atom is -0.383 e. The number of rotatable bonds is 3. The number of benzene rings is 1. The SMILES string of the molecule is CCN(C(=O)c1cn[nH]c1N)c1ccccc1. The van der Waals surface area contributed by atoms with Crippen LogP contribution in [0.3, 0.4) is 0 Å². The Hall–Kier alpha value is -2.30. The number of carbonyl (C=O) groups excluding carboxylic acids is 1. The Balaban J connectivity index is 2.32. The second-order valence-corrected chi connectivity index (χ2v) is 3.58. The first-order valence-electron chi connectivity index (χ1n) is 5.39. The molecule has 0 atom stereocenters. The van der Waals surface area contributed by atoms with Crippen molar-refractivity contribution in [2.24, 2.45) is 0 Å². The van der Waals surface area contributed by atoms with Crippen molar-refractivity contribution in [3.05, 3.63) is 42.1 Å². The maximum Gasteiger partial charge on any atom is 0.263 e. The van der Waals surface area contributed by atoms with E-state index < -0.39 is 0 Å². The molecule has 1 aromatic heterocycles. The Morgan fingerprint density at radius 3 is 2.65 bits per heavy atom. The predicted octanol–water partition coefficient (Wildman–Crippen LogP) is 1.66. The van der Waals surface area contributed by atoms with E-state index in [1.54, 1.807) is 4.90 Å². The maximum atomic E-state index is 12.2. The molecule has 2 aromatic rings. The van der Waals surface area contributed by atoms with Crippen LogP contribution in [0.4, 0.5) is 11.5 Å². The van der Waals surface area contributed by atoms with Crippen LogP contribution in [0.5, 0.6) is 0 Å². The summed E-state index contributed by atoms with van der Waals surface area (Å²) in [5, 5.41) is 6.32. The van der Waals surface area contributed by atoms with Gasteiger partial charge in [-0.05, 0) is 19.1 Å². The van der Waals surface area contributed by atoms with Crippen LogP contribution >= 0.6 is 0 Å². The molecule has 0 bridgehead atoms. The van der Waals surface area contributed by atoms with Crippen molar-refractivity contribution in [3.63, 3.8) is 0 Å². The summed E-state index contributed by atoms with van der Waals surface area (Å²) < 4.78 is 0. The van der Waals surface area contributed by atoms with E-state index >= 15 is 0 Å². The summed E-state index contributed by atoms with van der Waals surface area (Å²) in [5.41, 5.74) is 6.89. The van der Waals surface area contributed by atoms with Crippen LogP contribution in [0.2, 0.25) is 0 Å². The monoisotopic (exact) mass is 230 g/mol. The predicted molar refractivity (Wildman–Crippen MR) is 66.8 cm³/mol. The molecule has 3 N–H and O–H groups in total. The van der Waals surface area contributed by atoms with Crippen molar-refractivity contribution in [3.8, 4) is 0 Å². The quantitative estimate of drug-likeness (QED) is 0.842. The molecule has 0 spiro atoms. The summed E-state index contributed by atoms with van der Waals surface area (Å²) >= 11 is 0. The number of nitrogens with zero attached hydrogens (tertiary/aromatic N) is 2. The normalized spacial score (nSPS) is 10.2. The van der Waals surface area contributed by atoms with Crippen molar-refractivity contribution in [2.75, 3.05) is 17.2 Å². The molecule has 2 rings (SSSR count). The fourth-order valence-corrected chi connectivity index (χ4v) is 1.66. The lowest BCUT2D eigenvalue weighted by molar-refractivity contribution is 0.0989. The fraction of sp³-hybridized carbons (Fsp3) is 0.167. The minimum absolute atomic E-state index is 0.148. The molecule has 0 saturated heterocycles. The van der Waals surface area contributed by atoms with E-state index in [1.165, 1.54) is 6.20 Å². The number of nitrogens with two attached hydrogens (primary N) is 1. The molecule has 5 heteroatoms. The number of amides is 1. The first-order chi connectivity index (χ1) is 8.24. The minimum atomic E-state index is -0.148. The summed E-state index contributed by atoms with van der Waals surface area (Å²) in [6.45, 7) is 2.49. The number of aromatic nitrogens is 2. The van der Waals surface area contributed by atoms with Gasteiger partial charge in [-0.2, -0.15) is 5.10 Å². The summed E-state index contributed by atoms with van der Waals surface area (Å²) in [6.07, 6.45) is 1.45. The molecule has 1 aromatic carbocycles. The number of carbonyl (C=O) groups is 1. The topological polar surface area (TPSA) is 75.0 Å². The smallest absolute Gasteiger partial charge is 0.263 e. The highest BCUT2D eigenvalue weighted by Gasteiger charge is 2.19. The van der Waals surface area contributed by atoms with Gasteiger partial charge in [-0.25, -0.2) is 0 Å². The standard InChI is InChI=1S/C12H14N4O/c1-2-16(9-6-4-3-5-7-9)12(17)10-8-14-15-11(10)13/h3-8H,2H2,1H3,(H3,13,14,15). The molecule has 17 heavy (non-hydrogen) atoms. The van der Waals surface area contributed by atoms with Crippen molar-refractivity contribution in [1.82, 2.24) is 10.2 Å². The van der Waals surface area contributed by atoms with Crippen LogP contribution in [0, 0.1) is 0 Å². The summed E-state index contributed by atoms with van der Waals surface area (Å²) in [4.78, 5) is 13.9. The van der Waals surface area contributed by atoms with Crippen LogP contribution in [0.15, 0.2) is 36.5 Å². The second-order valence-electron chi connectivity index (χ2n) is 3.58. The zero-order chi connectivity index (χ0) is 12.3. The molecule has 0 radical (unpaired) electrons. The highest BCUT2D eigenvalue weighted by Crippen LogP contribution is 2.18. The lowest BCUT2D eigenvalue weighted by Crippen LogP contribution is -2.30. The highest BCUT2D eigenvalue weighted by atomic mass is 16.2. The molecule has 1 amide bonds. The average molecular weight is 230 g/mol. The van der Waals surface area contributed by atoms with Crippen LogP contribution in [-0.2, 0) is 0 Å². The van der Waals surface area contributed by atoms with Crippen LogP contribution < -0.4 is 10.6 Å². The van der Waals surface area contributed by atoms with E-state index in [-0.39, 0.29) is 5.91 Å². The summed E-state index contributed by atoms with van der Waals surface area (Å²) in [6, 6.07) is 9.47. The van der Waals surface area contributed by atoms with E-state index in [0.717, 1.165) is 5.69 Å². The maximum absolute atomic E-state index is 12.2. The molecule has 1 heterocycles. The van der Waals surface area contributed by atoms with E-state index in [4.69, 9.17) is 5.73 Å². The van der Waals surface area contributed by atoms with Gasteiger partial charge < -0.3 is 10.6 Å². The fourth-order valence-electron chi connectivity index (χ4n) is 1.66. The van der Waals surface area contributed by atoms with Gasteiger partial charge in [0, 0.05) is 12.2 Å². The third-order valence-electron chi connectivity index (χ3n) is 2.53. The first kappa shape index (κ1) is 11.2. The van der Waals surface area contributed by atoms with Crippen molar-refractivity contribution < 1.29 is 4.79 Å². The van der Waals surface area contributed by atoms with Crippen molar-refractivity contribution in [1.29, 1.82) is 0 Å². The Labute approximate surface area is 99.2 Å². The molecule has 88 valence electrons. The van der Waals surface area contributed by atoms with Crippen molar-refractivity contribution in [2.45, 2.75) is 6.92 Å². The van der Waals surface area contributed by atoms with Crippen LogP contribution in [0.1, 0.15) is 17.3 Å². The van der Waals surface area contributed by atoms with Gasteiger partial charge in [0.05, 0.1) is 6.20 Å². The number of nitrogen functional groups attached to an aromatic ring is 1. The number of hydrogen-bond acceptors (Lipinski definition) is 3. The molecule has 0 unspecified atom stereocenters. The first-order valence-corrected chi connectivity index (χ1v) is 5.39. The van der Waals surface area contributed by atoms with E-state index in [0.29, 0.717) is 17.9 Å². The zero-order valence-electron chi connectivity index (χ0n) is 9.55. The number of anilines is 2. The molecule has 0 saturated carbocycles. The largest absolute Gasteiger partial charge is 0.383 e. The van der Waals surface area contributed by atoms with Gasteiger partial charge in [0.1, 0.15) is 11.4 Å². The molecule has 0 aliphatic rings. The Bertz CT molecular complexity index is 506.